The zero-order chi connectivity index (χ0) is 13.0. The molecule has 94 valence electrons. The average molecular weight is 242 g/mol. The third kappa shape index (κ3) is 3.08. The van der Waals surface area contributed by atoms with Crippen LogP contribution in [0.2, 0.25) is 0 Å². The molecule has 18 heavy (non-hydrogen) atoms. The molecule has 2 aromatic rings. The van der Waals surface area contributed by atoms with E-state index in [4.69, 9.17) is 10.5 Å². The van der Waals surface area contributed by atoms with Crippen molar-refractivity contribution in [3.8, 4) is 11.6 Å². The van der Waals surface area contributed by atoms with Crippen molar-refractivity contribution in [2.75, 3.05) is 0 Å². The Labute approximate surface area is 108 Å². The van der Waals surface area contributed by atoms with Crippen LogP contribution in [0.1, 0.15) is 31.0 Å². The summed E-state index contributed by atoms with van der Waals surface area (Å²) in [5.41, 5.74) is 8.03. The number of nitrogens with two attached hydrogens (primary N) is 1. The number of ether oxygens (including phenoxy) is 1. The van der Waals surface area contributed by atoms with Gasteiger partial charge < -0.3 is 10.5 Å². The Morgan fingerprint density at radius 2 is 2.11 bits per heavy atom. The lowest BCUT2D eigenvalue weighted by atomic mass is 10.1. The van der Waals surface area contributed by atoms with Crippen molar-refractivity contribution in [3.05, 3.63) is 53.7 Å². The monoisotopic (exact) mass is 242 g/mol. The predicted octanol–water partition coefficient (Wildman–Crippen LogP) is 3.46. The van der Waals surface area contributed by atoms with Crippen LogP contribution in [0.25, 0.3) is 0 Å². The van der Waals surface area contributed by atoms with Crippen LogP contribution < -0.4 is 10.5 Å². The highest BCUT2D eigenvalue weighted by atomic mass is 16.5. The molecule has 0 fully saturated rings. The highest BCUT2D eigenvalue weighted by Gasteiger charge is 2.02. The van der Waals surface area contributed by atoms with Crippen LogP contribution in [0.3, 0.4) is 0 Å². The van der Waals surface area contributed by atoms with E-state index in [1.54, 1.807) is 6.20 Å². The molecule has 2 rings (SSSR count). The normalized spacial score (nSPS) is 12.2. The van der Waals surface area contributed by atoms with Crippen LogP contribution in [-0.4, -0.2) is 4.98 Å². The molecule has 0 bridgehead atoms. The van der Waals surface area contributed by atoms with E-state index < -0.39 is 0 Å². The second-order valence-electron chi connectivity index (χ2n) is 4.32. The minimum Gasteiger partial charge on any atom is -0.439 e. The molecule has 0 amide bonds. The van der Waals surface area contributed by atoms with Gasteiger partial charge in [0.2, 0.25) is 5.88 Å². The summed E-state index contributed by atoms with van der Waals surface area (Å²) in [6, 6.07) is 11.8. The Kier molecular flexibility index (Phi) is 3.95. The summed E-state index contributed by atoms with van der Waals surface area (Å²) in [5, 5.41) is 0. The Morgan fingerprint density at radius 1 is 1.28 bits per heavy atom. The van der Waals surface area contributed by atoms with Gasteiger partial charge in [-0.2, -0.15) is 0 Å². The van der Waals surface area contributed by atoms with E-state index in [1.807, 2.05) is 37.3 Å². The van der Waals surface area contributed by atoms with E-state index in [9.17, 15) is 0 Å². The average Bonchev–Trinajstić information content (AvgIpc) is 2.39. The summed E-state index contributed by atoms with van der Waals surface area (Å²) in [4.78, 5) is 4.25. The van der Waals surface area contributed by atoms with E-state index in [0.29, 0.717) is 5.88 Å². The molecule has 0 unspecified atom stereocenters. The highest BCUT2D eigenvalue weighted by molar-refractivity contribution is 5.32. The summed E-state index contributed by atoms with van der Waals surface area (Å²) in [5.74, 6) is 1.41. The van der Waals surface area contributed by atoms with Crippen molar-refractivity contribution in [1.82, 2.24) is 4.98 Å². The summed E-state index contributed by atoms with van der Waals surface area (Å²) < 4.78 is 5.70. The molecule has 0 radical (unpaired) electrons. The maximum atomic E-state index is 5.77. The standard InChI is InChI=1S/C15H18N2O/c1-3-12-5-4-6-14(9-12)18-15-8-7-13(10-17-15)11(2)16/h4-11H,3,16H2,1-2H3/t11-/m1/s1. The van der Waals surface area contributed by atoms with Gasteiger partial charge in [0.1, 0.15) is 5.75 Å². The smallest absolute Gasteiger partial charge is 0.219 e. The molecule has 1 heterocycles. The van der Waals surface area contributed by atoms with E-state index in [-0.39, 0.29) is 6.04 Å². The molecule has 0 aliphatic carbocycles. The number of aryl methyl sites for hydroxylation is 1. The van der Waals surface area contributed by atoms with Crippen LogP contribution in [0.4, 0.5) is 0 Å². The van der Waals surface area contributed by atoms with Crippen molar-refractivity contribution in [2.45, 2.75) is 26.3 Å². The van der Waals surface area contributed by atoms with Crippen LogP contribution in [0.15, 0.2) is 42.6 Å². The summed E-state index contributed by atoms with van der Waals surface area (Å²) in [6.45, 7) is 4.05. The van der Waals surface area contributed by atoms with Crippen LogP contribution in [0, 0.1) is 0 Å². The lowest BCUT2D eigenvalue weighted by Gasteiger charge is -2.08. The molecule has 0 spiro atoms. The molecule has 3 heteroatoms. The molecular weight excluding hydrogens is 224 g/mol. The van der Waals surface area contributed by atoms with Gasteiger partial charge in [0.05, 0.1) is 0 Å². The van der Waals surface area contributed by atoms with Gasteiger partial charge in [-0.15, -0.1) is 0 Å². The maximum absolute atomic E-state index is 5.77. The SMILES string of the molecule is CCc1cccc(Oc2ccc([C@@H](C)N)cn2)c1. The molecule has 3 nitrogen and oxygen atoms in total. The lowest BCUT2D eigenvalue weighted by Crippen LogP contribution is -2.05. The van der Waals surface area contributed by atoms with Crippen molar-refractivity contribution in [3.63, 3.8) is 0 Å². The molecule has 2 N–H and O–H groups in total. The summed E-state index contributed by atoms with van der Waals surface area (Å²) in [7, 11) is 0. The highest BCUT2D eigenvalue weighted by Crippen LogP contribution is 2.21. The minimum atomic E-state index is -0.00466. The third-order valence-corrected chi connectivity index (χ3v) is 2.81. The van der Waals surface area contributed by atoms with Gasteiger partial charge in [0.15, 0.2) is 0 Å². The number of hydrogen-bond donors (Lipinski definition) is 1. The van der Waals surface area contributed by atoms with Crippen LogP contribution in [-0.2, 0) is 6.42 Å². The Bertz CT molecular complexity index is 506. The van der Waals surface area contributed by atoms with Crippen molar-refractivity contribution >= 4 is 0 Å². The Morgan fingerprint density at radius 3 is 2.72 bits per heavy atom. The van der Waals surface area contributed by atoms with Gasteiger partial charge in [-0.05, 0) is 36.6 Å². The Hall–Kier alpha value is -1.87. The zero-order valence-corrected chi connectivity index (χ0v) is 10.8. The first-order valence-electron chi connectivity index (χ1n) is 6.17. The Balaban J connectivity index is 2.13. The second kappa shape index (κ2) is 5.65. The molecule has 1 aromatic heterocycles. The van der Waals surface area contributed by atoms with Gasteiger partial charge in [0, 0.05) is 18.3 Å². The van der Waals surface area contributed by atoms with Gasteiger partial charge in [-0.1, -0.05) is 25.1 Å². The van der Waals surface area contributed by atoms with E-state index in [0.717, 1.165) is 17.7 Å². The third-order valence-electron chi connectivity index (χ3n) is 2.81. The van der Waals surface area contributed by atoms with Gasteiger partial charge >= 0.3 is 0 Å². The van der Waals surface area contributed by atoms with Gasteiger partial charge in [-0.25, -0.2) is 4.98 Å². The van der Waals surface area contributed by atoms with Gasteiger partial charge in [0.25, 0.3) is 0 Å². The topological polar surface area (TPSA) is 48.1 Å². The first kappa shape index (κ1) is 12.6. The number of aromatic nitrogens is 1. The maximum Gasteiger partial charge on any atom is 0.219 e. The fourth-order valence-electron chi connectivity index (χ4n) is 1.67. The largest absolute Gasteiger partial charge is 0.439 e. The first-order chi connectivity index (χ1) is 8.69. The quantitative estimate of drug-likeness (QED) is 0.893. The second-order valence-corrected chi connectivity index (χ2v) is 4.32. The number of hydrogen-bond acceptors (Lipinski definition) is 3. The minimum absolute atomic E-state index is 0.00466. The number of pyridine rings is 1. The van der Waals surface area contributed by atoms with Crippen LogP contribution in [0.5, 0.6) is 11.6 Å². The fraction of sp³-hybridized carbons (Fsp3) is 0.267. The van der Waals surface area contributed by atoms with Crippen molar-refractivity contribution in [2.24, 2.45) is 5.73 Å². The number of rotatable bonds is 4. The van der Waals surface area contributed by atoms with E-state index >= 15 is 0 Å². The van der Waals surface area contributed by atoms with E-state index in [1.165, 1.54) is 5.56 Å². The molecule has 1 atom stereocenters. The molecule has 0 aliphatic heterocycles. The number of nitrogens with zero attached hydrogens (tertiary/aromatic N) is 1. The fourth-order valence-corrected chi connectivity index (χ4v) is 1.67. The zero-order valence-electron chi connectivity index (χ0n) is 10.8. The van der Waals surface area contributed by atoms with Crippen molar-refractivity contribution in [1.29, 1.82) is 0 Å². The first-order valence-corrected chi connectivity index (χ1v) is 6.17. The van der Waals surface area contributed by atoms with E-state index in [2.05, 4.69) is 18.0 Å². The molecular formula is C15H18N2O. The molecule has 1 aromatic carbocycles. The predicted molar refractivity (Wildman–Crippen MR) is 72.7 cm³/mol. The summed E-state index contributed by atoms with van der Waals surface area (Å²) in [6.07, 6.45) is 2.75. The van der Waals surface area contributed by atoms with Crippen LogP contribution >= 0.6 is 0 Å². The molecule has 0 saturated heterocycles. The van der Waals surface area contributed by atoms with Crippen molar-refractivity contribution < 1.29 is 4.74 Å². The molecule has 0 saturated carbocycles. The number of benzene rings is 1. The summed E-state index contributed by atoms with van der Waals surface area (Å²) >= 11 is 0. The molecule has 0 aliphatic rings. The van der Waals surface area contributed by atoms with Gasteiger partial charge in [-0.3, -0.25) is 0 Å². The lowest BCUT2D eigenvalue weighted by molar-refractivity contribution is 0.461.